The third-order valence-corrected chi connectivity index (χ3v) is 4.11. The lowest BCUT2D eigenvalue weighted by molar-refractivity contribution is 0.235. The Balaban J connectivity index is 1.47. The SMILES string of the molecule is c1cncc(OCc2nnn3c2CN(Cc2ccco2)CCC3)c1. The van der Waals surface area contributed by atoms with Crippen LogP contribution in [0.25, 0.3) is 0 Å². The van der Waals surface area contributed by atoms with Crippen molar-refractivity contribution in [2.45, 2.75) is 32.7 Å². The second kappa shape index (κ2) is 6.84. The van der Waals surface area contributed by atoms with Crippen LogP contribution in [0.2, 0.25) is 0 Å². The topological polar surface area (TPSA) is 69.2 Å². The van der Waals surface area contributed by atoms with E-state index < -0.39 is 0 Å². The lowest BCUT2D eigenvalue weighted by atomic mass is 10.3. The minimum Gasteiger partial charge on any atom is -0.486 e. The third kappa shape index (κ3) is 3.30. The molecule has 0 amide bonds. The number of rotatable bonds is 5. The van der Waals surface area contributed by atoms with Crippen molar-refractivity contribution in [1.29, 1.82) is 0 Å². The van der Waals surface area contributed by atoms with E-state index in [-0.39, 0.29) is 0 Å². The van der Waals surface area contributed by atoms with Crippen LogP contribution in [0.15, 0.2) is 47.3 Å². The van der Waals surface area contributed by atoms with Gasteiger partial charge in [-0.05, 0) is 30.7 Å². The van der Waals surface area contributed by atoms with Crippen molar-refractivity contribution in [3.8, 4) is 5.75 Å². The summed E-state index contributed by atoms with van der Waals surface area (Å²) in [6.07, 6.45) is 6.18. The predicted molar refractivity (Wildman–Crippen MR) is 86.0 cm³/mol. The molecule has 1 aliphatic heterocycles. The highest BCUT2D eigenvalue weighted by Gasteiger charge is 2.21. The van der Waals surface area contributed by atoms with Gasteiger partial charge in [-0.25, -0.2) is 4.68 Å². The summed E-state index contributed by atoms with van der Waals surface area (Å²) < 4.78 is 13.2. The zero-order valence-electron chi connectivity index (χ0n) is 13.3. The molecule has 4 heterocycles. The molecular formula is C17H19N5O2. The molecule has 0 radical (unpaired) electrons. The molecule has 0 bridgehead atoms. The van der Waals surface area contributed by atoms with Crippen LogP contribution >= 0.6 is 0 Å². The molecule has 7 nitrogen and oxygen atoms in total. The van der Waals surface area contributed by atoms with Crippen LogP contribution in [-0.4, -0.2) is 31.4 Å². The van der Waals surface area contributed by atoms with Gasteiger partial charge in [0.15, 0.2) is 0 Å². The van der Waals surface area contributed by atoms with Gasteiger partial charge in [-0.2, -0.15) is 0 Å². The maximum absolute atomic E-state index is 5.78. The minimum absolute atomic E-state index is 0.398. The number of pyridine rings is 1. The van der Waals surface area contributed by atoms with E-state index in [0.29, 0.717) is 6.61 Å². The van der Waals surface area contributed by atoms with Crippen LogP contribution in [-0.2, 0) is 26.2 Å². The zero-order chi connectivity index (χ0) is 16.2. The molecule has 1 aliphatic rings. The van der Waals surface area contributed by atoms with Gasteiger partial charge in [-0.1, -0.05) is 5.21 Å². The highest BCUT2D eigenvalue weighted by Crippen LogP contribution is 2.18. The smallest absolute Gasteiger partial charge is 0.138 e. The lowest BCUT2D eigenvalue weighted by Gasteiger charge is -2.18. The lowest BCUT2D eigenvalue weighted by Crippen LogP contribution is -2.23. The second-order valence-electron chi connectivity index (χ2n) is 5.83. The fourth-order valence-corrected chi connectivity index (χ4v) is 2.91. The molecule has 0 N–H and O–H groups in total. The molecule has 3 aromatic rings. The number of aryl methyl sites for hydroxylation is 1. The highest BCUT2D eigenvalue weighted by molar-refractivity contribution is 5.17. The van der Waals surface area contributed by atoms with E-state index in [4.69, 9.17) is 9.15 Å². The maximum atomic E-state index is 5.78. The van der Waals surface area contributed by atoms with E-state index in [1.54, 1.807) is 18.7 Å². The number of aromatic nitrogens is 4. The summed E-state index contributed by atoms with van der Waals surface area (Å²) in [6.45, 7) is 3.87. The summed E-state index contributed by atoms with van der Waals surface area (Å²) in [4.78, 5) is 6.41. The molecule has 124 valence electrons. The first-order chi connectivity index (χ1) is 11.9. The van der Waals surface area contributed by atoms with Crippen LogP contribution in [0.4, 0.5) is 0 Å². The van der Waals surface area contributed by atoms with E-state index in [1.807, 2.05) is 28.9 Å². The van der Waals surface area contributed by atoms with Crippen LogP contribution in [0, 0.1) is 0 Å². The van der Waals surface area contributed by atoms with E-state index in [0.717, 1.165) is 55.5 Å². The van der Waals surface area contributed by atoms with E-state index in [9.17, 15) is 0 Å². The van der Waals surface area contributed by atoms with E-state index >= 15 is 0 Å². The summed E-state index contributed by atoms with van der Waals surface area (Å²) in [5.41, 5.74) is 1.99. The number of hydrogen-bond donors (Lipinski definition) is 0. The number of fused-ring (bicyclic) bond motifs is 1. The molecule has 24 heavy (non-hydrogen) atoms. The number of hydrogen-bond acceptors (Lipinski definition) is 6. The Morgan fingerprint density at radius 2 is 2.21 bits per heavy atom. The van der Waals surface area contributed by atoms with Crippen molar-refractivity contribution in [2.24, 2.45) is 0 Å². The van der Waals surface area contributed by atoms with Crippen LogP contribution in [0.1, 0.15) is 23.6 Å². The highest BCUT2D eigenvalue weighted by atomic mass is 16.5. The summed E-state index contributed by atoms with van der Waals surface area (Å²) in [6, 6.07) is 7.67. The second-order valence-corrected chi connectivity index (χ2v) is 5.83. The van der Waals surface area contributed by atoms with E-state index in [1.165, 1.54) is 0 Å². The number of ether oxygens (including phenoxy) is 1. The van der Waals surface area contributed by atoms with Crippen molar-refractivity contribution < 1.29 is 9.15 Å². The molecule has 7 heteroatoms. The molecule has 0 atom stereocenters. The van der Waals surface area contributed by atoms with Crippen molar-refractivity contribution >= 4 is 0 Å². The molecule has 0 fully saturated rings. The normalized spacial score (nSPS) is 15.0. The molecule has 0 aromatic carbocycles. The average molecular weight is 325 g/mol. The molecular weight excluding hydrogens is 306 g/mol. The molecule has 0 spiro atoms. The summed E-state index contributed by atoms with van der Waals surface area (Å²) in [5.74, 6) is 1.71. The maximum Gasteiger partial charge on any atom is 0.138 e. The average Bonchev–Trinajstić information content (AvgIpc) is 3.20. The first kappa shape index (κ1) is 14.9. The Hall–Kier alpha value is -2.67. The first-order valence-corrected chi connectivity index (χ1v) is 8.07. The van der Waals surface area contributed by atoms with Gasteiger partial charge >= 0.3 is 0 Å². The Morgan fingerprint density at radius 1 is 1.21 bits per heavy atom. The predicted octanol–water partition coefficient (Wildman–Crippen LogP) is 2.25. The Labute approximate surface area is 139 Å². The molecule has 0 aliphatic carbocycles. The largest absolute Gasteiger partial charge is 0.486 e. The minimum atomic E-state index is 0.398. The van der Waals surface area contributed by atoms with Crippen molar-refractivity contribution in [3.63, 3.8) is 0 Å². The van der Waals surface area contributed by atoms with Gasteiger partial charge < -0.3 is 9.15 Å². The van der Waals surface area contributed by atoms with Crippen LogP contribution < -0.4 is 4.74 Å². The van der Waals surface area contributed by atoms with Gasteiger partial charge in [0.25, 0.3) is 0 Å². The quantitative estimate of drug-likeness (QED) is 0.716. The third-order valence-electron chi connectivity index (χ3n) is 4.11. The van der Waals surface area contributed by atoms with Gasteiger partial charge in [0.05, 0.1) is 24.7 Å². The summed E-state index contributed by atoms with van der Waals surface area (Å²) in [5, 5.41) is 8.58. The first-order valence-electron chi connectivity index (χ1n) is 8.07. The Bertz CT molecular complexity index is 770. The molecule has 4 rings (SSSR count). The fourth-order valence-electron chi connectivity index (χ4n) is 2.91. The standard InChI is InChI=1S/C17H19N5O2/c1-4-14(10-18-6-1)24-13-16-17-12-21(11-15-5-2-9-23-15)7-3-8-22(17)20-19-16/h1-2,4-6,9-10H,3,7-8,11-13H2. The Morgan fingerprint density at radius 3 is 3.04 bits per heavy atom. The molecule has 3 aromatic heterocycles. The van der Waals surface area contributed by atoms with Crippen molar-refractivity contribution in [2.75, 3.05) is 6.54 Å². The van der Waals surface area contributed by atoms with Crippen molar-refractivity contribution in [3.05, 3.63) is 60.1 Å². The van der Waals surface area contributed by atoms with Crippen LogP contribution in [0.5, 0.6) is 5.75 Å². The summed E-state index contributed by atoms with van der Waals surface area (Å²) >= 11 is 0. The van der Waals surface area contributed by atoms with Crippen LogP contribution in [0.3, 0.4) is 0 Å². The van der Waals surface area contributed by atoms with Gasteiger partial charge in [0.1, 0.15) is 23.8 Å². The van der Waals surface area contributed by atoms with E-state index in [2.05, 4.69) is 20.2 Å². The Kier molecular flexibility index (Phi) is 4.24. The zero-order valence-corrected chi connectivity index (χ0v) is 13.3. The summed E-state index contributed by atoms with van der Waals surface area (Å²) in [7, 11) is 0. The monoisotopic (exact) mass is 325 g/mol. The number of furan rings is 1. The van der Waals surface area contributed by atoms with Gasteiger partial charge in [0, 0.05) is 25.8 Å². The van der Waals surface area contributed by atoms with Crippen molar-refractivity contribution in [1.82, 2.24) is 24.9 Å². The molecule has 0 saturated heterocycles. The van der Waals surface area contributed by atoms with Gasteiger partial charge in [-0.3, -0.25) is 9.88 Å². The van der Waals surface area contributed by atoms with Gasteiger partial charge in [0.2, 0.25) is 0 Å². The number of nitrogens with zero attached hydrogens (tertiary/aromatic N) is 5. The fraction of sp³-hybridized carbons (Fsp3) is 0.353. The molecule has 0 saturated carbocycles. The molecule has 0 unspecified atom stereocenters. The van der Waals surface area contributed by atoms with Gasteiger partial charge in [-0.15, -0.1) is 5.10 Å².